The van der Waals surface area contributed by atoms with E-state index in [0.29, 0.717) is 25.1 Å². The van der Waals surface area contributed by atoms with Crippen LogP contribution in [0.25, 0.3) is 0 Å². The van der Waals surface area contributed by atoms with E-state index in [0.717, 1.165) is 11.3 Å². The van der Waals surface area contributed by atoms with E-state index in [1.54, 1.807) is 25.3 Å². The molecule has 0 spiro atoms. The highest BCUT2D eigenvalue weighted by molar-refractivity contribution is 7.91. The van der Waals surface area contributed by atoms with Crippen molar-refractivity contribution in [1.29, 1.82) is 0 Å². The van der Waals surface area contributed by atoms with Crippen molar-refractivity contribution < 1.29 is 17.5 Å². The number of hydrogen-bond donors (Lipinski definition) is 0. The van der Waals surface area contributed by atoms with Crippen LogP contribution in [0.15, 0.2) is 48.5 Å². The number of rotatable bonds is 6. The topological polar surface area (TPSA) is 46.6 Å². The van der Waals surface area contributed by atoms with Crippen molar-refractivity contribution >= 4 is 9.84 Å². The van der Waals surface area contributed by atoms with E-state index >= 15 is 0 Å². The number of sulfone groups is 1. The van der Waals surface area contributed by atoms with Crippen molar-refractivity contribution in [1.82, 2.24) is 4.90 Å². The Morgan fingerprint density at radius 1 is 1.12 bits per heavy atom. The lowest BCUT2D eigenvalue weighted by Crippen LogP contribution is -2.35. The predicted molar refractivity (Wildman–Crippen MR) is 95.7 cm³/mol. The maximum atomic E-state index is 14.1. The molecule has 0 amide bonds. The zero-order valence-electron chi connectivity index (χ0n) is 14.2. The Balaban J connectivity index is 1.82. The summed E-state index contributed by atoms with van der Waals surface area (Å²) in [5, 5.41) is 0. The van der Waals surface area contributed by atoms with Crippen LogP contribution in [0, 0.1) is 5.82 Å². The summed E-state index contributed by atoms with van der Waals surface area (Å²) < 4.78 is 43.0. The van der Waals surface area contributed by atoms with Crippen molar-refractivity contribution in [2.75, 3.05) is 18.6 Å². The van der Waals surface area contributed by atoms with E-state index in [2.05, 4.69) is 4.90 Å². The summed E-state index contributed by atoms with van der Waals surface area (Å²) in [6.07, 6.45) is 0.590. The molecule has 1 saturated heterocycles. The third kappa shape index (κ3) is 4.58. The molecule has 2 aromatic rings. The van der Waals surface area contributed by atoms with Crippen LogP contribution >= 0.6 is 0 Å². The van der Waals surface area contributed by atoms with Gasteiger partial charge in [0, 0.05) is 24.7 Å². The second-order valence-corrected chi connectivity index (χ2v) is 8.63. The summed E-state index contributed by atoms with van der Waals surface area (Å²) in [6.45, 7) is 0.956. The minimum absolute atomic E-state index is 0.0910. The monoisotopic (exact) mass is 363 g/mol. The first-order valence-electron chi connectivity index (χ1n) is 8.28. The summed E-state index contributed by atoms with van der Waals surface area (Å²) >= 11 is 0. The zero-order valence-corrected chi connectivity index (χ0v) is 15.0. The van der Waals surface area contributed by atoms with Crippen LogP contribution in [0.2, 0.25) is 0 Å². The van der Waals surface area contributed by atoms with Gasteiger partial charge >= 0.3 is 0 Å². The van der Waals surface area contributed by atoms with E-state index in [4.69, 9.17) is 4.74 Å². The van der Waals surface area contributed by atoms with Crippen LogP contribution in [0.4, 0.5) is 4.39 Å². The normalized spacial score (nSPS) is 19.2. The summed E-state index contributed by atoms with van der Waals surface area (Å²) in [6, 6.07) is 14.2. The van der Waals surface area contributed by atoms with Crippen molar-refractivity contribution in [3.8, 4) is 5.75 Å². The number of hydrogen-bond acceptors (Lipinski definition) is 4. The Labute approximate surface area is 148 Å². The second kappa shape index (κ2) is 7.54. The van der Waals surface area contributed by atoms with Crippen molar-refractivity contribution in [3.63, 3.8) is 0 Å². The fraction of sp³-hybridized carbons (Fsp3) is 0.368. The SMILES string of the molecule is COc1ccc(CN(Cc2ccccc2F)C2CCS(=O)(=O)C2)cc1. The highest BCUT2D eigenvalue weighted by atomic mass is 32.2. The maximum absolute atomic E-state index is 14.1. The van der Waals surface area contributed by atoms with Gasteiger partial charge in [0.25, 0.3) is 0 Å². The molecule has 1 fully saturated rings. The Bertz CT molecular complexity index is 821. The molecule has 0 N–H and O–H groups in total. The molecule has 1 heterocycles. The number of methoxy groups -OCH3 is 1. The first-order valence-corrected chi connectivity index (χ1v) is 10.1. The lowest BCUT2D eigenvalue weighted by molar-refractivity contribution is 0.192. The molecular formula is C19H22FNO3S. The largest absolute Gasteiger partial charge is 0.497 e. The van der Waals surface area contributed by atoms with Gasteiger partial charge in [0.2, 0.25) is 0 Å². The van der Waals surface area contributed by atoms with Gasteiger partial charge in [-0.05, 0) is 30.2 Å². The molecule has 4 nitrogen and oxygen atoms in total. The highest BCUT2D eigenvalue weighted by Crippen LogP contribution is 2.24. The van der Waals surface area contributed by atoms with Gasteiger partial charge < -0.3 is 4.74 Å². The molecule has 1 aliphatic heterocycles. The van der Waals surface area contributed by atoms with E-state index in [1.165, 1.54) is 6.07 Å². The van der Waals surface area contributed by atoms with Crippen LogP contribution in [0.1, 0.15) is 17.5 Å². The van der Waals surface area contributed by atoms with Crippen molar-refractivity contribution in [3.05, 3.63) is 65.5 Å². The van der Waals surface area contributed by atoms with Crippen molar-refractivity contribution in [2.24, 2.45) is 0 Å². The minimum Gasteiger partial charge on any atom is -0.497 e. The fourth-order valence-corrected chi connectivity index (χ4v) is 4.95. The first kappa shape index (κ1) is 17.9. The Kier molecular flexibility index (Phi) is 5.39. The molecule has 0 saturated carbocycles. The van der Waals surface area contributed by atoms with Crippen LogP contribution < -0.4 is 4.74 Å². The summed E-state index contributed by atoms with van der Waals surface area (Å²) in [7, 11) is -1.39. The van der Waals surface area contributed by atoms with Gasteiger partial charge in [0.05, 0.1) is 18.6 Å². The molecule has 1 aliphatic rings. The lowest BCUT2D eigenvalue weighted by atomic mass is 10.1. The fourth-order valence-electron chi connectivity index (χ4n) is 3.19. The summed E-state index contributed by atoms with van der Waals surface area (Å²) in [5.74, 6) is 0.849. The van der Waals surface area contributed by atoms with Crippen molar-refractivity contribution in [2.45, 2.75) is 25.6 Å². The van der Waals surface area contributed by atoms with E-state index in [-0.39, 0.29) is 23.4 Å². The molecule has 1 atom stereocenters. The number of benzene rings is 2. The van der Waals surface area contributed by atoms with Gasteiger partial charge in [-0.2, -0.15) is 0 Å². The standard InChI is InChI=1S/C19H22FNO3S/c1-24-18-8-6-15(7-9-18)12-21(17-10-11-25(22,23)14-17)13-16-4-2-3-5-19(16)20/h2-9,17H,10-14H2,1H3. The number of nitrogens with zero attached hydrogens (tertiary/aromatic N) is 1. The molecule has 0 bridgehead atoms. The van der Waals surface area contributed by atoms with Gasteiger partial charge in [-0.3, -0.25) is 4.90 Å². The number of ether oxygens (including phenoxy) is 1. The third-order valence-corrected chi connectivity index (χ3v) is 6.35. The predicted octanol–water partition coefficient (Wildman–Crippen LogP) is 3.02. The van der Waals surface area contributed by atoms with Gasteiger partial charge in [0.1, 0.15) is 11.6 Å². The van der Waals surface area contributed by atoms with E-state index in [1.807, 2.05) is 24.3 Å². The van der Waals surface area contributed by atoms with E-state index < -0.39 is 9.84 Å². The minimum atomic E-state index is -3.00. The molecule has 0 aromatic heterocycles. The lowest BCUT2D eigenvalue weighted by Gasteiger charge is -2.28. The molecule has 2 aromatic carbocycles. The molecular weight excluding hydrogens is 341 g/mol. The van der Waals surface area contributed by atoms with Crippen LogP contribution in [-0.4, -0.2) is 38.0 Å². The molecule has 25 heavy (non-hydrogen) atoms. The Morgan fingerprint density at radius 2 is 1.84 bits per heavy atom. The molecule has 3 rings (SSSR count). The smallest absolute Gasteiger partial charge is 0.151 e. The second-order valence-electron chi connectivity index (χ2n) is 6.40. The molecule has 1 unspecified atom stereocenters. The molecule has 6 heteroatoms. The Hall–Kier alpha value is -1.92. The first-order chi connectivity index (χ1) is 12.0. The molecule has 0 radical (unpaired) electrons. The van der Waals surface area contributed by atoms with Gasteiger partial charge in [-0.15, -0.1) is 0 Å². The third-order valence-electron chi connectivity index (χ3n) is 4.60. The zero-order chi connectivity index (χ0) is 17.9. The van der Waals surface area contributed by atoms with E-state index in [9.17, 15) is 12.8 Å². The number of halogens is 1. The van der Waals surface area contributed by atoms with Gasteiger partial charge in [-0.25, -0.2) is 12.8 Å². The Morgan fingerprint density at radius 3 is 2.44 bits per heavy atom. The average molecular weight is 363 g/mol. The van der Waals surface area contributed by atoms with Gasteiger partial charge in [0.15, 0.2) is 9.84 Å². The molecule has 134 valence electrons. The van der Waals surface area contributed by atoms with Crippen LogP contribution in [0.3, 0.4) is 0 Å². The van der Waals surface area contributed by atoms with Crippen LogP contribution in [0.5, 0.6) is 5.75 Å². The average Bonchev–Trinajstić information content (AvgIpc) is 2.97. The van der Waals surface area contributed by atoms with Crippen LogP contribution in [-0.2, 0) is 22.9 Å². The summed E-state index contributed by atoms with van der Waals surface area (Å²) in [5.41, 5.74) is 1.63. The molecule has 0 aliphatic carbocycles. The highest BCUT2D eigenvalue weighted by Gasteiger charge is 2.32. The van der Waals surface area contributed by atoms with Gasteiger partial charge in [-0.1, -0.05) is 30.3 Å². The maximum Gasteiger partial charge on any atom is 0.151 e. The quantitative estimate of drug-likeness (QED) is 0.791. The summed E-state index contributed by atoms with van der Waals surface area (Å²) in [4.78, 5) is 2.06.